The number of nitrogens with one attached hydrogen (secondary N) is 1. The molecule has 3 heteroatoms. The average Bonchev–Trinajstić information content (AvgIpc) is 2.29. The Morgan fingerprint density at radius 2 is 1.73 bits per heavy atom. The van der Waals surface area contributed by atoms with E-state index in [2.05, 4.69) is 35.9 Å². The van der Waals surface area contributed by atoms with Crippen LogP contribution in [0.4, 0.5) is 0 Å². The molecule has 1 saturated heterocycles. The van der Waals surface area contributed by atoms with E-state index in [-0.39, 0.29) is 0 Å². The fourth-order valence-corrected chi connectivity index (χ4v) is 2.12. The summed E-state index contributed by atoms with van der Waals surface area (Å²) in [5, 5.41) is 3.30. The van der Waals surface area contributed by atoms with Gasteiger partial charge in [0.15, 0.2) is 0 Å². The Hall–Kier alpha value is -0.120. The Kier molecular flexibility index (Phi) is 5.58. The van der Waals surface area contributed by atoms with Crippen molar-refractivity contribution in [3.8, 4) is 0 Å². The number of hydrogen-bond donors (Lipinski definition) is 1. The Bertz CT molecular complexity index is 164. The minimum atomic E-state index is 0.611. The molecule has 0 spiro atoms. The largest absolute Gasteiger partial charge is 0.316 e. The summed E-state index contributed by atoms with van der Waals surface area (Å²) < 4.78 is 0. The second-order valence-electron chi connectivity index (χ2n) is 4.78. The van der Waals surface area contributed by atoms with E-state index in [0.29, 0.717) is 6.04 Å². The predicted molar refractivity (Wildman–Crippen MR) is 66.3 cm³/mol. The van der Waals surface area contributed by atoms with E-state index in [0.717, 1.165) is 6.04 Å². The molecule has 2 atom stereocenters. The Labute approximate surface area is 94.8 Å². The molecular weight excluding hydrogens is 186 g/mol. The van der Waals surface area contributed by atoms with Gasteiger partial charge in [-0.1, -0.05) is 6.92 Å². The van der Waals surface area contributed by atoms with Gasteiger partial charge in [-0.2, -0.15) is 0 Å². The van der Waals surface area contributed by atoms with Gasteiger partial charge in [0.25, 0.3) is 0 Å². The van der Waals surface area contributed by atoms with Crippen molar-refractivity contribution in [2.45, 2.75) is 39.3 Å². The summed E-state index contributed by atoms with van der Waals surface area (Å²) in [5.41, 5.74) is 0. The lowest BCUT2D eigenvalue weighted by molar-refractivity contribution is 0.0959. The summed E-state index contributed by atoms with van der Waals surface area (Å²) in [4.78, 5) is 5.18. The SMILES string of the molecule is CCC(C)N1CCN(CC(C)NC)CC1. The molecule has 1 rings (SSSR count). The van der Waals surface area contributed by atoms with Gasteiger partial charge in [-0.25, -0.2) is 0 Å². The molecule has 0 bridgehead atoms. The van der Waals surface area contributed by atoms with Gasteiger partial charge in [-0.15, -0.1) is 0 Å². The molecule has 1 fully saturated rings. The monoisotopic (exact) mass is 213 g/mol. The van der Waals surface area contributed by atoms with Crippen molar-refractivity contribution < 1.29 is 0 Å². The molecule has 2 unspecified atom stereocenters. The minimum Gasteiger partial charge on any atom is -0.316 e. The van der Waals surface area contributed by atoms with E-state index < -0.39 is 0 Å². The van der Waals surface area contributed by atoms with Crippen molar-refractivity contribution in [3.05, 3.63) is 0 Å². The quantitative estimate of drug-likeness (QED) is 0.735. The maximum absolute atomic E-state index is 3.30. The first kappa shape index (κ1) is 12.9. The Morgan fingerprint density at radius 3 is 2.20 bits per heavy atom. The molecule has 0 saturated carbocycles. The van der Waals surface area contributed by atoms with Crippen molar-refractivity contribution in [1.82, 2.24) is 15.1 Å². The third-order valence-electron chi connectivity index (χ3n) is 3.65. The number of rotatable bonds is 5. The lowest BCUT2D eigenvalue weighted by atomic mass is 10.2. The number of likely N-dealkylation sites (N-methyl/N-ethyl adjacent to an activating group) is 1. The fourth-order valence-electron chi connectivity index (χ4n) is 2.12. The van der Waals surface area contributed by atoms with E-state index in [9.17, 15) is 0 Å². The molecule has 0 amide bonds. The van der Waals surface area contributed by atoms with Crippen molar-refractivity contribution in [1.29, 1.82) is 0 Å². The molecule has 0 aromatic heterocycles. The molecule has 1 aliphatic rings. The highest BCUT2D eigenvalue weighted by Gasteiger charge is 2.20. The zero-order chi connectivity index (χ0) is 11.3. The van der Waals surface area contributed by atoms with E-state index in [1.807, 2.05) is 7.05 Å². The predicted octanol–water partition coefficient (Wildman–Crippen LogP) is 1.01. The average molecular weight is 213 g/mol. The van der Waals surface area contributed by atoms with E-state index in [4.69, 9.17) is 0 Å². The standard InChI is InChI=1S/C12H27N3/c1-5-12(3)15-8-6-14(7-9-15)10-11(2)13-4/h11-13H,5-10H2,1-4H3. The van der Waals surface area contributed by atoms with Gasteiger partial charge < -0.3 is 5.32 Å². The van der Waals surface area contributed by atoms with E-state index >= 15 is 0 Å². The maximum atomic E-state index is 3.30. The van der Waals surface area contributed by atoms with Crippen LogP contribution in [-0.2, 0) is 0 Å². The third-order valence-corrected chi connectivity index (χ3v) is 3.65. The minimum absolute atomic E-state index is 0.611. The lowest BCUT2D eigenvalue weighted by Gasteiger charge is -2.38. The highest BCUT2D eigenvalue weighted by Crippen LogP contribution is 2.08. The molecule has 1 N–H and O–H groups in total. The second kappa shape index (κ2) is 6.46. The summed E-state index contributed by atoms with van der Waals surface area (Å²) >= 11 is 0. The van der Waals surface area contributed by atoms with Crippen molar-refractivity contribution in [3.63, 3.8) is 0 Å². The van der Waals surface area contributed by atoms with Crippen LogP contribution < -0.4 is 5.32 Å². The van der Waals surface area contributed by atoms with E-state index in [1.54, 1.807) is 0 Å². The van der Waals surface area contributed by atoms with Gasteiger partial charge >= 0.3 is 0 Å². The molecule has 90 valence electrons. The summed E-state index contributed by atoms with van der Waals surface area (Å²) in [5.74, 6) is 0. The molecule has 1 aliphatic heterocycles. The van der Waals surface area contributed by atoms with Gasteiger partial charge in [0.05, 0.1) is 0 Å². The van der Waals surface area contributed by atoms with Crippen molar-refractivity contribution >= 4 is 0 Å². The topological polar surface area (TPSA) is 18.5 Å². The van der Waals surface area contributed by atoms with Crippen LogP contribution in [0.15, 0.2) is 0 Å². The van der Waals surface area contributed by atoms with Gasteiger partial charge in [0.2, 0.25) is 0 Å². The van der Waals surface area contributed by atoms with Crippen LogP contribution in [0.3, 0.4) is 0 Å². The highest BCUT2D eigenvalue weighted by atomic mass is 15.3. The van der Waals surface area contributed by atoms with Crippen LogP contribution >= 0.6 is 0 Å². The first-order valence-corrected chi connectivity index (χ1v) is 6.31. The Balaban J connectivity index is 2.23. The van der Waals surface area contributed by atoms with Crippen LogP contribution in [0.2, 0.25) is 0 Å². The summed E-state index contributed by atoms with van der Waals surface area (Å²) in [7, 11) is 2.04. The molecule has 0 aromatic carbocycles. The third kappa shape index (κ3) is 4.09. The molecule has 0 aromatic rings. The van der Waals surface area contributed by atoms with Crippen LogP contribution in [0.1, 0.15) is 27.2 Å². The number of nitrogens with zero attached hydrogens (tertiary/aromatic N) is 2. The van der Waals surface area contributed by atoms with Crippen molar-refractivity contribution in [2.24, 2.45) is 0 Å². The second-order valence-corrected chi connectivity index (χ2v) is 4.78. The molecule has 15 heavy (non-hydrogen) atoms. The van der Waals surface area contributed by atoms with Crippen LogP contribution in [0.5, 0.6) is 0 Å². The maximum Gasteiger partial charge on any atom is 0.0163 e. The Morgan fingerprint density at radius 1 is 1.13 bits per heavy atom. The van der Waals surface area contributed by atoms with Crippen LogP contribution in [0.25, 0.3) is 0 Å². The molecule has 0 aliphatic carbocycles. The van der Waals surface area contributed by atoms with Gasteiger partial charge in [-0.05, 0) is 27.3 Å². The summed E-state index contributed by atoms with van der Waals surface area (Å²) in [6.45, 7) is 13.0. The van der Waals surface area contributed by atoms with Gasteiger partial charge in [0, 0.05) is 44.8 Å². The number of piperazine rings is 1. The molecular formula is C12H27N3. The highest BCUT2D eigenvalue weighted by molar-refractivity contribution is 4.77. The van der Waals surface area contributed by atoms with E-state index in [1.165, 1.54) is 39.1 Å². The van der Waals surface area contributed by atoms with Gasteiger partial charge in [-0.3, -0.25) is 9.80 Å². The zero-order valence-corrected chi connectivity index (χ0v) is 10.8. The molecule has 3 nitrogen and oxygen atoms in total. The molecule has 0 radical (unpaired) electrons. The number of hydrogen-bond acceptors (Lipinski definition) is 3. The van der Waals surface area contributed by atoms with Crippen LogP contribution in [-0.4, -0.2) is 61.7 Å². The first-order chi connectivity index (χ1) is 7.17. The first-order valence-electron chi connectivity index (χ1n) is 6.31. The summed E-state index contributed by atoms with van der Waals surface area (Å²) in [6.07, 6.45) is 1.27. The summed E-state index contributed by atoms with van der Waals surface area (Å²) in [6, 6.07) is 1.37. The lowest BCUT2D eigenvalue weighted by Crippen LogP contribution is -2.51. The fraction of sp³-hybridized carbons (Fsp3) is 1.00. The van der Waals surface area contributed by atoms with Gasteiger partial charge in [0.1, 0.15) is 0 Å². The normalized spacial score (nSPS) is 24.0. The smallest absolute Gasteiger partial charge is 0.0163 e. The molecule has 1 heterocycles. The zero-order valence-electron chi connectivity index (χ0n) is 10.8. The van der Waals surface area contributed by atoms with Crippen LogP contribution in [0, 0.1) is 0 Å². The van der Waals surface area contributed by atoms with Crippen molar-refractivity contribution in [2.75, 3.05) is 39.8 Å².